The number of anilines is 2. The summed E-state index contributed by atoms with van der Waals surface area (Å²) >= 11 is 0. The summed E-state index contributed by atoms with van der Waals surface area (Å²) in [6.45, 7) is 8.56. The molecule has 0 spiro atoms. The molecule has 0 saturated heterocycles. The minimum Gasteiger partial charge on any atom is -0.384 e. The van der Waals surface area contributed by atoms with E-state index in [1.807, 2.05) is 6.07 Å². The molecule has 4 nitrogen and oxygen atoms in total. The Labute approximate surface area is 110 Å². The molecule has 0 atom stereocenters. The average molecular weight is 248 g/mol. The first kappa shape index (κ1) is 13.1. The summed E-state index contributed by atoms with van der Waals surface area (Å²) in [5.41, 5.74) is 5.90. The van der Waals surface area contributed by atoms with Gasteiger partial charge in [0.2, 0.25) is 0 Å². The van der Waals surface area contributed by atoms with Gasteiger partial charge in [-0.3, -0.25) is 0 Å². The molecule has 0 bridgehead atoms. The number of nitrogens with two attached hydrogens (primary N) is 1. The predicted octanol–water partition coefficient (Wildman–Crippen LogP) is 2.81. The highest BCUT2D eigenvalue weighted by atomic mass is 15.2. The lowest BCUT2D eigenvalue weighted by atomic mass is 10.2. The van der Waals surface area contributed by atoms with Crippen molar-refractivity contribution in [2.45, 2.75) is 46.0 Å². The summed E-state index contributed by atoms with van der Waals surface area (Å²) in [5, 5.41) is 0. The summed E-state index contributed by atoms with van der Waals surface area (Å²) in [6.07, 6.45) is 3.85. The first-order valence-corrected chi connectivity index (χ1v) is 6.99. The Morgan fingerprint density at radius 2 is 2.11 bits per heavy atom. The number of nitrogens with zero attached hydrogens (tertiary/aromatic N) is 3. The van der Waals surface area contributed by atoms with Crippen LogP contribution in [0.25, 0.3) is 0 Å². The molecule has 1 fully saturated rings. The molecule has 18 heavy (non-hydrogen) atoms. The lowest BCUT2D eigenvalue weighted by Gasteiger charge is -2.24. The van der Waals surface area contributed by atoms with Crippen LogP contribution in [0.5, 0.6) is 0 Å². The molecular formula is C14H24N4. The van der Waals surface area contributed by atoms with E-state index >= 15 is 0 Å². The average Bonchev–Trinajstić information content (AvgIpc) is 3.11. The third kappa shape index (κ3) is 3.34. The lowest BCUT2D eigenvalue weighted by molar-refractivity contribution is 0.687. The van der Waals surface area contributed by atoms with Crippen molar-refractivity contribution < 1.29 is 0 Å². The van der Waals surface area contributed by atoms with E-state index in [0.29, 0.717) is 11.7 Å². The molecule has 1 aromatic heterocycles. The number of nitrogen functional groups attached to an aromatic ring is 1. The molecule has 2 rings (SSSR count). The highest BCUT2D eigenvalue weighted by Crippen LogP contribution is 2.31. The van der Waals surface area contributed by atoms with Crippen molar-refractivity contribution in [1.29, 1.82) is 0 Å². The molecule has 1 aromatic rings. The third-order valence-corrected chi connectivity index (χ3v) is 3.26. The fourth-order valence-electron chi connectivity index (χ4n) is 2.07. The van der Waals surface area contributed by atoms with Crippen LogP contribution in [0.15, 0.2) is 6.07 Å². The topological polar surface area (TPSA) is 55.0 Å². The Morgan fingerprint density at radius 1 is 1.39 bits per heavy atom. The minimum absolute atomic E-state index is 0.316. The van der Waals surface area contributed by atoms with E-state index in [9.17, 15) is 0 Å². The van der Waals surface area contributed by atoms with Crippen LogP contribution < -0.4 is 10.6 Å². The number of aromatic nitrogens is 2. The predicted molar refractivity (Wildman–Crippen MR) is 75.8 cm³/mol. The second-order valence-electron chi connectivity index (χ2n) is 5.55. The molecule has 0 radical (unpaired) electrons. The van der Waals surface area contributed by atoms with Gasteiger partial charge in [-0.15, -0.1) is 0 Å². The van der Waals surface area contributed by atoms with E-state index in [4.69, 9.17) is 5.73 Å². The first-order valence-electron chi connectivity index (χ1n) is 6.99. The summed E-state index contributed by atoms with van der Waals surface area (Å²) in [5.74, 6) is 3.61. The number of hydrogen-bond donors (Lipinski definition) is 1. The first-order chi connectivity index (χ1) is 8.60. The van der Waals surface area contributed by atoms with Crippen molar-refractivity contribution in [3.63, 3.8) is 0 Å². The van der Waals surface area contributed by atoms with Crippen LogP contribution in [0, 0.1) is 5.92 Å². The smallest absolute Gasteiger partial charge is 0.135 e. The van der Waals surface area contributed by atoms with Crippen molar-refractivity contribution in [3.8, 4) is 0 Å². The number of hydrogen-bond acceptors (Lipinski definition) is 4. The van der Waals surface area contributed by atoms with E-state index in [-0.39, 0.29) is 0 Å². The Balaban J connectivity index is 2.21. The largest absolute Gasteiger partial charge is 0.384 e. The van der Waals surface area contributed by atoms with Crippen molar-refractivity contribution in [3.05, 3.63) is 11.9 Å². The van der Waals surface area contributed by atoms with Crippen LogP contribution in [0.4, 0.5) is 11.6 Å². The highest BCUT2D eigenvalue weighted by molar-refractivity contribution is 5.47. The maximum atomic E-state index is 5.90. The monoisotopic (exact) mass is 248 g/mol. The second-order valence-corrected chi connectivity index (χ2v) is 5.55. The van der Waals surface area contributed by atoms with Crippen molar-refractivity contribution >= 4 is 11.6 Å². The fourth-order valence-corrected chi connectivity index (χ4v) is 2.07. The molecule has 0 aromatic carbocycles. The summed E-state index contributed by atoms with van der Waals surface area (Å²) in [7, 11) is 0. The van der Waals surface area contributed by atoms with Gasteiger partial charge >= 0.3 is 0 Å². The molecule has 2 N–H and O–H groups in total. The zero-order chi connectivity index (χ0) is 13.1. The zero-order valence-electron chi connectivity index (χ0n) is 11.7. The Kier molecular flexibility index (Phi) is 4.04. The standard InChI is InChI=1S/C14H24N4/c1-4-7-18(9-11-5-6-11)13-8-12(15)16-14(17-13)10(2)3/h8,10-11H,4-7,9H2,1-3H3,(H2,15,16,17). The molecule has 1 saturated carbocycles. The molecule has 0 amide bonds. The van der Waals surface area contributed by atoms with E-state index in [1.165, 1.54) is 12.8 Å². The van der Waals surface area contributed by atoms with Gasteiger partial charge < -0.3 is 10.6 Å². The van der Waals surface area contributed by atoms with Gasteiger partial charge in [-0.2, -0.15) is 0 Å². The number of rotatable bonds is 6. The molecule has 100 valence electrons. The zero-order valence-corrected chi connectivity index (χ0v) is 11.7. The van der Waals surface area contributed by atoms with Gasteiger partial charge in [0.15, 0.2) is 0 Å². The van der Waals surface area contributed by atoms with Crippen LogP contribution in [0.3, 0.4) is 0 Å². The quantitative estimate of drug-likeness (QED) is 0.841. The normalized spacial score (nSPS) is 15.1. The fraction of sp³-hybridized carbons (Fsp3) is 0.714. The van der Waals surface area contributed by atoms with Gasteiger partial charge in [-0.25, -0.2) is 9.97 Å². The molecule has 1 heterocycles. The Bertz CT molecular complexity index is 399. The van der Waals surface area contributed by atoms with Crippen LogP contribution in [0.2, 0.25) is 0 Å². The van der Waals surface area contributed by atoms with Gasteiger partial charge in [-0.05, 0) is 25.2 Å². The van der Waals surface area contributed by atoms with E-state index in [0.717, 1.165) is 37.1 Å². The summed E-state index contributed by atoms with van der Waals surface area (Å²) in [4.78, 5) is 11.3. The van der Waals surface area contributed by atoms with Gasteiger partial charge in [0.05, 0.1) is 0 Å². The maximum absolute atomic E-state index is 5.90. The Hall–Kier alpha value is -1.32. The highest BCUT2D eigenvalue weighted by Gasteiger charge is 2.25. The van der Waals surface area contributed by atoms with Gasteiger partial charge in [-0.1, -0.05) is 20.8 Å². The molecular weight excluding hydrogens is 224 g/mol. The van der Waals surface area contributed by atoms with E-state index in [2.05, 4.69) is 35.6 Å². The van der Waals surface area contributed by atoms with Gasteiger partial charge in [0.25, 0.3) is 0 Å². The van der Waals surface area contributed by atoms with Crippen LogP contribution in [-0.2, 0) is 0 Å². The van der Waals surface area contributed by atoms with Gasteiger partial charge in [0.1, 0.15) is 17.5 Å². The Morgan fingerprint density at radius 3 is 2.67 bits per heavy atom. The third-order valence-electron chi connectivity index (χ3n) is 3.26. The SMILES string of the molecule is CCCN(CC1CC1)c1cc(N)nc(C(C)C)n1. The molecule has 0 aliphatic heterocycles. The minimum atomic E-state index is 0.316. The maximum Gasteiger partial charge on any atom is 0.135 e. The second kappa shape index (κ2) is 5.55. The van der Waals surface area contributed by atoms with Crippen LogP contribution >= 0.6 is 0 Å². The van der Waals surface area contributed by atoms with Crippen molar-refractivity contribution in [1.82, 2.24) is 9.97 Å². The molecule has 4 heteroatoms. The molecule has 0 unspecified atom stereocenters. The van der Waals surface area contributed by atoms with E-state index < -0.39 is 0 Å². The van der Waals surface area contributed by atoms with Crippen molar-refractivity contribution in [2.75, 3.05) is 23.7 Å². The molecule has 1 aliphatic carbocycles. The lowest BCUT2D eigenvalue weighted by Crippen LogP contribution is -2.28. The van der Waals surface area contributed by atoms with Gasteiger partial charge in [0, 0.05) is 25.1 Å². The van der Waals surface area contributed by atoms with Crippen LogP contribution in [0.1, 0.15) is 51.8 Å². The summed E-state index contributed by atoms with van der Waals surface area (Å²) in [6, 6.07) is 1.91. The molecule has 1 aliphatic rings. The van der Waals surface area contributed by atoms with E-state index in [1.54, 1.807) is 0 Å². The summed E-state index contributed by atoms with van der Waals surface area (Å²) < 4.78 is 0. The van der Waals surface area contributed by atoms with Crippen molar-refractivity contribution in [2.24, 2.45) is 5.92 Å². The van der Waals surface area contributed by atoms with Crippen LogP contribution in [-0.4, -0.2) is 23.1 Å².